The summed E-state index contributed by atoms with van der Waals surface area (Å²) in [6, 6.07) is 9.30. The van der Waals surface area contributed by atoms with Gasteiger partial charge in [0, 0.05) is 27.8 Å². The maximum atomic E-state index is 10.7. The summed E-state index contributed by atoms with van der Waals surface area (Å²) >= 11 is 3.50. The van der Waals surface area contributed by atoms with Gasteiger partial charge in [0.15, 0.2) is 12.0 Å². The molecular weight excluding hydrogens is 294 g/mol. The van der Waals surface area contributed by atoms with Crippen LogP contribution in [0, 0.1) is 0 Å². The smallest absolute Gasteiger partial charge is 0.185 e. The number of halogens is 1. The second kappa shape index (κ2) is 4.38. The van der Waals surface area contributed by atoms with E-state index >= 15 is 0 Å². The minimum atomic E-state index is 0.329. The van der Waals surface area contributed by atoms with Crippen molar-refractivity contribution in [2.75, 3.05) is 0 Å². The number of hydrogen-bond acceptors (Lipinski definition) is 3. The quantitative estimate of drug-likeness (QED) is 0.670. The predicted octanol–water partition coefficient (Wildman–Crippen LogP) is 4.07. The van der Waals surface area contributed by atoms with Crippen LogP contribution in [0.3, 0.4) is 0 Å². The molecule has 0 fully saturated rings. The molecule has 0 bridgehead atoms. The van der Waals surface area contributed by atoms with Crippen LogP contribution in [-0.4, -0.2) is 11.3 Å². The van der Waals surface area contributed by atoms with Gasteiger partial charge in [-0.1, -0.05) is 15.9 Å². The maximum absolute atomic E-state index is 10.7. The Morgan fingerprint density at radius 2 is 2.00 bits per heavy atom. The van der Waals surface area contributed by atoms with E-state index < -0.39 is 0 Å². The summed E-state index contributed by atoms with van der Waals surface area (Å²) in [6.45, 7) is 0. The second-order valence-electron chi connectivity index (χ2n) is 3.84. The molecule has 0 atom stereocenters. The molecule has 4 heteroatoms. The number of pyridine rings is 1. The summed E-state index contributed by atoms with van der Waals surface area (Å²) in [5, 5.41) is 2.05. The number of benzene rings is 1. The normalized spacial score (nSPS) is 10.7. The second-order valence-corrected chi connectivity index (χ2v) is 4.69. The van der Waals surface area contributed by atoms with Crippen molar-refractivity contribution in [3.8, 4) is 11.3 Å². The van der Waals surface area contributed by atoms with E-state index in [1.165, 1.54) is 0 Å². The van der Waals surface area contributed by atoms with Gasteiger partial charge < -0.3 is 4.42 Å². The summed E-state index contributed by atoms with van der Waals surface area (Å²) in [6.07, 6.45) is 4.24. The van der Waals surface area contributed by atoms with Crippen LogP contribution in [-0.2, 0) is 0 Å². The lowest BCUT2D eigenvalue weighted by molar-refractivity contribution is 0.110. The van der Waals surface area contributed by atoms with E-state index in [2.05, 4.69) is 20.9 Å². The van der Waals surface area contributed by atoms with Gasteiger partial charge in [0.1, 0.15) is 5.76 Å². The average Bonchev–Trinajstić information content (AvgIpc) is 2.88. The van der Waals surface area contributed by atoms with Crippen molar-refractivity contribution in [2.24, 2.45) is 0 Å². The Morgan fingerprint density at radius 1 is 1.11 bits per heavy atom. The third kappa shape index (κ3) is 1.75. The van der Waals surface area contributed by atoms with Crippen LogP contribution in [0.2, 0.25) is 0 Å². The van der Waals surface area contributed by atoms with Gasteiger partial charge in [0.05, 0.1) is 0 Å². The van der Waals surface area contributed by atoms with E-state index in [9.17, 15) is 4.79 Å². The van der Waals surface area contributed by atoms with Gasteiger partial charge in [-0.3, -0.25) is 9.78 Å². The number of hydrogen-bond donors (Lipinski definition) is 0. The van der Waals surface area contributed by atoms with E-state index in [-0.39, 0.29) is 0 Å². The predicted molar refractivity (Wildman–Crippen MR) is 72.5 cm³/mol. The molecule has 0 aliphatic rings. The number of rotatable bonds is 2. The van der Waals surface area contributed by atoms with Gasteiger partial charge in [-0.05, 0) is 35.7 Å². The fourth-order valence-electron chi connectivity index (χ4n) is 1.93. The Morgan fingerprint density at radius 3 is 2.78 bits per heavy atom. The van der Waals surface area contributed by atoms with E-state index in [0.29, 0.717) is 17.8 Å². The largest absolute Gasteiger partial charge is 0.453 e. The molecule has 2 heterocycles. The van der Waals surface area contributed by atoms with Crippen LogP contribution in [0.25, 0.3) is 22.1 Å². The summed E-state index contributed by atoms with van der Waals surface area (Å²) in [4.78, 5) is 14.8. The van der Waals surface area contributed by atoms with Crippen LogP contribution < -0.4 is 0 Å². The van der Waals surface area contributed by atoms with Gasteiger partial charge in [-0.15, -0.1) is 0 Å². The number of aldehydes is 1. The highest BCUT2D eigenvalue weighted by Gasteiger charge is 2.10. The molecule has 0 spiro atoms. The van der Waals surface area contributed by atoms with Gasteiger partial charge >= 0.3 is 0 Å². The summed E-state index contributed by atoms with van der Waals surface area (Å²) in [5.74, 6) is 1.01. The molecule has 3 aromatic rings. The number of carbonyl (C=O) groups is 1. The maximum Gasteiger partial charge on any atom is 0.185 e. The van der Waals surface area contributed by atoms with Crippen molar-refractivity contribution in [2.45, 2.75) is 0 Å². The first-order chi connectivity index (χ1) is 8.79. The molecule has 3 rings (SSSR count). The van der Waals surface area contributed by atoms with Crippen LogP contribution >= 0.6 is 15.9 Å². The van der Waals surface area contributed by atoms with Crippen LogP contribution in [0.15, 0.2) is 51.6 Å². The Kier molecular flexibility index (Phi) is 2.72. The number of furan rings is 1. The third-order valence-corrected chi connectivity index (χ3v) is 3.46. The van der Waals surface area contributed by atoms with E-state index in [1.807, 2.05) is 18.2 Å². The number of fused-ring (bicyclic) bond motifs is 1. The number of nitrogens with zero attached hydrogens (tertiary/aromatic N) is 1. The van der Waals surface area contributed by atoms with E-state index in [0.717, 1.165) is 20.8 Å². The zero-order chi connectivity index (χ0) is 12.5. The van der Waals surface area contributed by atoms with Gasteiger partial charge in [-0.25, -0.2) is 0 Å². The monoisotopic (exact) mass is 301 g/mol. The molecule has 3 nitrogen and oxygen atoms in total. The fraction of sp³-hybridized carbons (Fsp3) is 0. The minimum Gasteiger partial charge on any atom is -0.453 e. The SMILES string of the molecule is O=Cc1ccc(-c2ccc(Br)c3cnccc23)o1. The number of carbonyl (C=O) groups excluding carboxylic acids is 1. The molecule has 88 valence electrons. The molecule has 0 saturated heterocycles. The van der Waals surface area contributed by atoms with Crippen molar-refractivity contribution in [1.29, 1.82) is 0 Å². The molecule has 1 aromatic carbocycles. The van der Waals surface area contributed by atoms with Gasteiger partial charge in [-0.2, -0.15) is 0 Å². The highest BCUT2D eigenvalue weighted by atomic mass is 79.9. The topological polar surface area (TPSA) is 43.1 Å². The first-order valence-electron chi connectivity index (χ1n) is 5.37. The van der Waals surface area contributed by atoms with Gasteiger partial charge in [0.25, 0.3) is 0 Å². The summed E-state index contributed by atoms with van der Waals surface area (Å²) < 4.78 is 6.45. The lowest BCUT2D eigenvalue weighted by Crippen LogP contribution is -1.82. The van der Waals surface area contributed by atoms with E-state index in [4.69, 9.17) is 4.42 Å². The molecule has 0 aliphatic carbocycles. The van der Waals surface area contributed by atoms with E-state index in [1.54, 1.807) is 24.5 Å². The van der Waals surface area contributed by atoms with Gasteiger partial charge in [0.2, 0.25) is 0 Å². The highest BCUT2D eigenvalue weighted by Crippen LogP contribution is 2.33. The Bertz CT molecular complexity index is 733. The average molecular weight is 302 g/mol. The first-order valence-corrected chi connectivity index (χ1v) is 6.16. The van der Waals surface area contributed by atoms with Crippen molar-refractivity contribution < 1.29 is 9.21 Å². The molecule has 0 amide bonds. The minimum absolute atomic E-state index is 0.329. The molecule has 0 aliphatic heterocycles. The molecule has 0 N–H and O–H groups in total. The summed E-state index contributed by atoms with van der Waals surface area (Å²) in [7, 11) is 0. The van der Waals surface area contributed by atoms with Crippen molar-refractivity contribution >= 4 is 33.0 Å². The molecule has 18 heavy (non-hydrogen) atoms. The fourth-order valence-corrected chi connectivity index (χ4v) is 2.38. The summed E-state index contributed by atoms with van der Waals surface area (Å²) in [5.41, 5.74) is 0.948. The standard InChI is InChI=1S/C14H8BrNO2/c15-13-3-2-11(10-5-6-16-7-12(10)13)14-4-1-9(8-17)18-14/h1-8H. The van der Waals surface area contributed by atoms with Crippen LogP contribution in [0.1, 0.15) is 10.6 Å². The molecule has 0 saturated carbocycles. The lowest BCUT2D eigenvalue weighted by atomic mass is 10.0. The van der Waals surface area contributed by atoms with Crippen molar-refractivity contribution in [3.63, 3.8) is 0 Å². The zero-order valence-corrected chi connectivity index (χ0v) is 10.8. The van der Waals surface area contributed by atoms with Crippen LogP contribution in [0.4, 0.5) is 0 Å². The molecular formula is C14H8BrNO2. The molecule has 0 unspecified atom stereocenters. The third-order valence-electron chi connectivity index (χ3n) is 2.77. The first kappa shape index (κ1) is 11.2. The Balaban J connectivity index is 2.29. The zero-order valence-electron chi connectivity index (χ0n) is 9.26. The molecule has 2 aromatic heterocycles. The number of aromatic nitrogens is 1. The molecule has 0 radical (unpaired) electrons. The Labute approximate surface area is 112 Å². The van der Waals surface area contributed by atoms with Crippen LogP contribution in [0.5, 0.6) is 0 Å². The van der Waals surface area contributed by atoms with Crippen molar-refractivity contribution in [3.05, 3.63) is 53.0 Å². The lowest BCUT2D eigenvalue weighted by Gasteiger charge is -2.05. The van der Waals surface area contributed by atoms with Crippen molar-refractivity contribution in [1.82, 2.24) is 4.98 Å². The Hall–Kier alpha value is -1.94. The highest BCUT2D eigenvalue weighted by molar-refractivity contribution is 9.10.